The standard InChI is InChI=1S/C42H29N7O.Pt/c1-24-10-9-11-25(2)40(24)49-36-15-8-6-13-34(36)44-42(49)48-35-14-7-5-12-30(35)31-19-17-29(23-38(31)48)50-28-18-20-32-33(22-28)41-46-45-27(4)47(41)37-21-16-26(3)43-39(32)37;/h5-21H,1-4H3;/q-2;+2. The Bertz CT molecular complexity index is 3010. The minimum atomic E-state index is 0. The van der Waals surface area contributed by atoms with Crippen molar-refractivity contribution in [3.63, 3.8) is 0 Å². The number of aromatic nitrogens is 7. The maximum Gasteiger partial charge on any atom is 2.00 e. The molecule has 0 radical (unpaired) electrons. The largest absolute Gasteiger partial charge is 2.00 e. The molecule has 0 fully saturated rings. The van der Waals surface area contributed by atoms with Gasteiger partial charge in [0.1, 0.15) is 5.82 Å². The van der Waals surface area contributed by atoms with Gasteiger partial charge in [-0.25, -0.2) is 4.98 Å². The molecule has 0 saturated heterocycles. The van der Waals surface area contributed by atoms with Crippen LogP contribution in [0.4, 0.5) is 0 Å². The number of imidazole rings is 1. The van der Waals surface area contributed by atoms with Gasteiger partial charge < -0.3 is 13.7 Å². The first-order chi connectivity index (χ1) is 24.4. The van der Waals surface area contributed by atoms with E-state index in [4.69, 9.17) is 14.7 Å². The van der Waals surface area contributed by atoms with E-state index in [9.17, 15) is 0 Å². The number of benzene rings is 5. The van der Waals surface area contributed by atoms with Gasteiger partial charge >= 0.3 is 21.1 Å². The summed E-state index contributed by atoms with van der Waals surface area (Å²) in [5.74, 6) is 2.69. The summed E-state index contributed by atoms with van der Waals surface area (Å²) < 4.78 is 13.1. The third-order valence-corrected chi connectivity index (χ3v) is 9.66. The first-order valence-electron chi connectivity index (χ1n) is 16.6. The van der Waals surface area contributed by atoms with Gasteiger partial charge in [-0.3, -0.25) is 9.55 Å². The van der Waals surface area contributed by atoms with Crippen LogP contribution in [0.25, 0.3) is 71.9 Å². The van der Waals surface area contributed by atoms with Crippen LogP contribution in [0.2, 0.25) is 0 Å². The summed E-state index contributed by atoms with van der Waals surface area (Å²) in [5, 5.41) is 12.8. The van der Waals surface area contributed by atoms with Gasteiger partial charge in [0.05, 0.1) is 33.4 Å². The molecule has 9 heteroatoms. The molecule has 0 aliphatic rings. The van der Waals surface area contributed by atoms with Crippen LogP contribution in [0, 0.1) is 39.8 Å². The van der Waals surface area contributed by atoms with Crippen LogP contribution < -0.4 is 4.74 Å². The third kappa shape index (κ3) is 4.63. The molecule has 5 heterocycles. The fraction of sp³-hybridized carbons (Fsp3) is 0.0952. The second kappa shape index (κ2) is 11.6. The van der Waals surface area contributed by atoms with E-state index in [2.05, 4.69) is 118 Å². The first-order valence-corrected chi connectivity index (χ1v) is 16.6. The molecule has 0 atom stereocenters. The molecule has 8 nitrogen and oxygen atoms in total. The van der Waals surface area contributed by atoms with Crippen molar-refractivity contribution in [2.75, 3.05) is 0 Å². The van der Waals surface area contributed by atoms with Gasteiger partial charge in [0, 0.05) is 22.7 Å². The Morgan fingerprint density at radius 3 is 2.14 bits per heavy atom. The smallest absolute Gasteiger partial charge is 0.503 e. The molecule has 0 spiro atoms. The van der Waals surface area contributed by atoms with E-state index in [1.807, 2.05) is 48.6 Å². The Labute approximate surface area is 307 Å². The second-order valence-electron chi connectivity index (χ2n) is 12.9. The number of hydrogen-bond acceptors (Lipinski definition) is 5. The zero-order chi connectivity index (χ0) is 33.7. The molecule has 0 N–H and O–H groups in total. The van der Waals surface area contributed by atoms with Crippen molar-refractivity contribution >= 4 is 60.3 Å². The Morgan fingerprint density at radius 2 is 1.31 bits per heavy atom. The summed E-state index contributed by atoms with van der Waals surface area (Å²) in [7, 11) is 0. The summed E-state index contributed by atoms with van der Waals surface area (Å²) in [6, 6.07) is 42.4. The molecule has 0 unspecified atom stereocenters. The first kappa shape index (κ1) is 31.2. The van der Waals surface area contributed by atoms with Crippen molar-refractivity contribution in [3.05, 3.63) is 138 Å². The Hall–Kier alpha value is -5.85. The van der Waals surface area contributed by atoms with Gasteiger partial charge in [-0.05, 0) is 74.5 Å². The Kier molecular flexibility index (Phi) is 7.09. The van der Waals surface area contributed by atoms with Crippen molar-refractivity contribution < 1.29 is 25.8 Å². The van der Waals surface area contributed by atoms with E-state index >= 15 is 0 Å². The van der Waals surface area contributed by atoms with E-state index in [1.54, 1.807) is 0 Å². The second-order valence-corrected chi connectivity index (χ2v) is 12.9. The van der Waals surface area contributed by atoms with Crippen molar-refractivity contribution in [3.8, 4) is 23.1 Å². The normalized spacial score (nSPS) is 11.8. The quantitative estimate of drug-likeness (QED) is 0.130. The number of hydrogen-bond donors (Lipinski definition) is 0. The summed E-state index contributed by atoms with van der Waals surface area (Å²) in [6.07, 6.45) is 0. The molecule has 248 valence electrons. The zero-order valence-corrected chi connectivity index (χ0v) is 30.4. The van der Waals surface area contributed by atoms with Crippen molar-refractivity contribution in [1.82, 2.24) is 33.7 Å². The molecule has 0 bridgehead atoms. The minimum Gasteiger partial charge on any atom is -0.503 e. The van der Waals surface area contributed by atoms with Crippen LogP contribution >= 0.6 is 0 Å². The fourth-order valence-corrected chi connectivity index (χ4v) is 7.45. The molecular weight excluding hydrogens is 814 g/mol. The number of fused-ring (bicyclic) bond motifs is 10. The van der Waals surface area contributed by atoms with Crippen LogP contribution in [-0.4, -0.2) is 33.7 Å². The van der Waals surface area contributed by atoms with Crippen LogP contribution in [0.3, 0.4) is 0 Å². The van der Waals surface area contributed by atoms with Gasteiger partial charge in [-0.2, -0.15) is 11.2 Å². The molecule has 0 aliphatic carbocycles. The molecule has 5 aromatic carbocycles. The minimum absolute atomic E-state index is 0. The number of nitrogens with zero attached hydrogens (tertiary/aromatic N) is 7. The van der Waals surface area contributed by atoms with Gasteiger partial charge in [0.2, 0.25) is 5.95 Å². The molecule has 10 rings (SSSR count). The van der Waals surface area contributed by atoms with Gasteiger partial charge in [-0.1, -0.05) is 77.0 Å². The van der Waals surface area contributed by atoms with E-state index in [0.29, 0.717) is 17.1 Å². The van der Waals surface area contributed by atoms with Crippen LogP contribution in [0.5, 0.6) is 11.5 Å². The predicted molar refractivity (Wildman–Crippen MR) is 198 cm³/mol. The number of pyridine rings is 2. The van der Waals surface area contributed by atoms with E-state index in [1.165, 1.54) is 11.1 Å². The van der Waals surface area contributed by atoms with E-state index in [0.717, 1.165) is 77.8 Å². The van der Waals surface area contributed by atoms with Crippen LogP contribution in [0.15, 0.2) is 103 Å². The van der Waals surface area contributed by atoms with Crippen molar-refractivity contribution in [1.29, 1.82) is 0 Å². The monoisotopic (exact) mass is 842 g/mol. The fourth-order valence-electron chi connectivity index (χ4n) is 7.45. The average Bonchev–Trinajstić information content (AvgIpc) is 3.79. The number of aryl methyl sites for hydroxylation is 4. The zero-order valence-electron chi connectivity index (χ0n) is 28.2. The summed E-state index contributed by atoms with van der Waals surface area (Å²) >= 11 is 0. The Morgan fingerprint density at radius 1 is 0.588 bits per heavy atom. The number of rotatable bonds is 4. The van der Waals surface area contributed by atoms with Crippen LogP contribution in [-0.2, 0) is 21.1 Å². The third-order valence-electron chi connectivity index (χ3n) is 9.66. The predicted octanol–water partition coefficient (Wildman–Crippen LogP) is 9.49. The summed E-state index contributed by atoms with van der Waals surface area (Å²) in [5.41, 5.74) is 10.8. The topological polar surface area (TPSA) is 75.1 Å². The summed E-state index contributed by atoms with van der Waals surface area (Å²) in [4.78, 5) is 10.1. The van der Waals surface area contributed by atoms with Gasteiger partial charge in [-0.15, -0.1) is 28.7 Å². The van der Waals surface area contributed by atoms with Crippen molar-refractivity contribution in [2.24, 2.45) is 0 Å². The maximum atomic E-state index is 6.56. The van der Waals surface area contributed by atoms with Gasteiger partial charge in [0.15, 0.2) is 0 Å². The number of ether oxygens (including phenoxy) is 1. The molecular formula is C42H29N7OPt. The van der Waals surface area contributed by atoms with E-state index < -0.39 is 0 Å². The molecule has 0 saturated carbocycles. The molecule has 10 aromatic rings. The van der Waals surface area contributed by atoms with E-state index in [-0.39, 0.29) is 21.1 Å². The SMILES string of the molecule is Cc1ccc2c(n1)c1ccc(Oc3[c-]c4c(cc3)c3ccccc3n4-c3nc4ccccc4n3-c3c(C)cccc3C)[c-]c1c1nnc(C)n21.[Pt+2]. The van der Waals surface area contributed by atoms with Gasteiger partial charge in [0.25, 0.3) is 0 Å². The average molecular weight is 843 g/mol. The van der Waals surface area contributed by atoms with Crippen LogP contribution in [0.1, 0.15) is 22.6 Å². The molecule has 0 aliphatic heterocycles. The molecule has 5 aromatic heterocycles. The summed E-state index contributed by atoms with van der Waals surface area (Å²) in [6.45, 7) is 8.25. The number of para-hydroxylation sites is 4. The maximum absolute atomic E-state index is 6.56. The molecule has 51 heavy (non-hydrogen) atoms. The molecule has 0 amide bonds. The Balaban J connectivity index is 0.00000348. The van der Waals surface area contributed by atoms with Crippen molar-refractivity contribution in [2.45, 2.75) is 27.7 Å².